The van der Waals surface area contributed by atoms with Crippen LogP contribution in [0.1, 0.15) is 32.7 Å². The van der Waals surface area contributed by atoms with Crippen molar-refractivity contribution in [1.82, 2.24) is 4.98 Å². The van der Waals surface area contributed by atoms with Gasteiger partial charge in [0.05, 0.1) is 37.1 Å². The third-order valence-corrected chi connectivity index (χ3v) is 5.37. The van der Waals surface area contributed by atoms with Crippen LogP contribution < -0.4 is 9.47 Å². The normalized spacial score (nSPS) is 13.2. The third-order valence-electron chi connectivity index (χ3n) is 5.37. The van der Waals surface area contributed by atoms with Crippen molar-refractivity contribution in [2.75, 3.05) is 14.2 Å². The lowest BCUT2D eigenvalue weighted by Crippen LogP contribution is -2.17. The second-order valence-corrected chi connectivity index (χ2v) is 7.40. The van der Waals surface area contributed by atoms with Crippen molar-refractivity contribution in [2.45, 2.75) is 18.9 Å². The monoisotopic (exact) mass is 426 g/mol. The minimum Gasteiger partial charge on any atom is -0.491 e. The van der Waals surface area contributed by atoms with E-state index in [1.165, 1.54) is 18.2 Å². The van der Waals surface area contributed by atoms with Crippen molar-refractivity contribution in [3.63, 3.8) is 0 Å². The summed E-state index contributed by atoms with van der Waals surface area (Å²) in [5.74, 6) is 0.462. The maximum Gasteiger partial charge on any atom is 0.337 e. The Morgan fingerprint density at radius 1 is 1.03 bits per heavy atom. The summed E-state index contributed by atoms with van der Waals surface area (Å²) in [7, 11) is 2.89. The number of benzene rings is 2. The van der Waals surface area contributed by atoms with Crippen LogP contribution in [0.3, 0.4) is 0 Å². The van der Waals surface area contributed by atoms with Crippen molar-refractivity contribution in [1.29, 1.82) is 5.26 Å². The van der Waals surface area contributed by atoms with Crippen LogP contribution in [0.4, 0.5) is 0 Å². The minimum absolute atomic E-state index is 0.0276. The molecule has 0 unspecified atom stereocenters. The third kappa shape index (κ3) is 4.47. The SMILES string of the molecule is COC(=O)c1cccc(C(C#N)=Cc2ccc(OC)c(OC3Cc4ccccc4C3)n2)c1. The van der Waals surface area contributed by atoms with Crippen molar-refractivity contribution in [2.24, 2.45) is 0 Å². The summed E-state index contributed by atoms with van der Waals surface area (Å²) in [6, 6.07) is 20.7. The summed E-state index contributed by atoms with van der Waals surface area (Å²) in [5.41, 5.74) is 4.46. The van der Waals surface area contributed by atoms with E-state index in [0.717, 1.165) is 12.8 Å². The van der Waals surface area contributed by atoms with Gasteiger partial charge in [-0.15, -0.1) is 0 Å². The molecule has 3 aromatic rings. The number of hydrogen-bond donors (Lipinski definition) is 0. The lowest BCUT2D eigenvalue weighted by atomic mass is 10.0. The van der Waals surface area contributed by atoms with Crippen LogP contribution in [-0.2, 0) is 17.6 Å². The topological polar surface area (TPSA) is 81.4 Å². The van der Waals surface area contributed by atoms with Gasteiger partial charge < -0.3 is 14.2 Å². The number of carbonyl (C=O) groups excluding carboxylic acids is 1. The van der Waals surface area contributed by atoms with Gasteiger partial charge in [0.15, 0.2) is 5.75 Å². The molecule has 0 amide bonds. The fourth-order valence-electron chi connectivity index (χ4n) is 3.78. The van der Waals surface area contributed by atoms with Crippen molar-refractivity contribution >= 4 is 17.6 Å². The average molecular weight is 426 g/mol. The standard InChI is InChI=1S/C26H22N2O4/c1-30-24-11-10-22(13-21(16-27)17-8-5-9-20(12-17)26(29)31-2)28-25(24)32-23-14-18-6-3-4-7-19(18)15-23/h3-13,23H,14-15H2,1-2H3. The van der Waals surface area contributed by atoms with Gasteiger partial charge in [-0.25, -0.2) is 9.78 Å². The fourth-order valence-corrected chi connectivity index (χ4v) is 3.78. The first-order chi connectivity index (χ1) is 15.6. The molecule has 0 bridgehead atoms. The number of methoxy groups -OCH3 is 2. The Balaban J connectivity index is 1.61. The molecule has 0 fully saturated rings. The number of pyridine rings is 1. The van der Waals surface area contributed by atoms with Gasteiger partial charge in [0.25, 0.3) is 5.88 Å². The highest BCUT2D eigenvalue weighted by Gasteiger charge is 2.24. The Kier molecular flexibility index (Phi) is 6.18. The smallest absolute Gasteiger partial charge is 0.337 e. The number of hydrogen-bond acceptors (Lipinski definition) is 6. The molecule has 4 rings (SSSR count). The lowest BCUT2D eigenvalue weighted by molar-refractivity contribution is 0.0600. The van der Waals surface area contributed by atoms with Gasteiger partial charge in [0.2, 0.25) is 0 Å². The van der Waals surface area contributed by atoms with E-state index in [1.807, 2.05) is 12.1 Å². The zero-order valence-corrected chi connectivity index (χ0v) is 17.9. The van der Waals surface area contributed by atoms with E-state index in [4.69, 9.17) is 14.2 Å². The highest BCUT2D eigenvalue weighted by atomic mass is 16.5. The molecule has 6 heteroatoms. The van der Waals surface area contributed by atoms with Crippen LogP contribution in [0.25, 0.3) is 11.6 Å². The zero-order valence-electron chi connectivity index (χ0n) is 17.9. The molecule has 1 heterocycles. The molecule has 0 radical (unpaired) electrons. The summed E-state index contributed by atoms with van der Waals surface area (Å²) >= 11 is 0. The van der Waals surface area contributed by atoms with Crippen LogP contribution in [0.15, 0.2) is 60.7 Å². The second kappa shape index (κ2) is 9.36. The van der Waals surface area contributed by atoms with Crippen LogP contribution in [-0.4, -0.2) is 31.3 Å². The number of esters is 1. The molecule has 0 saturated carbocycles. The number of carbonyl (C=O) groups is 1. The van der Waals surface area contributed by atoms with Gasteiger partial charge in [0.1, 0.15) is 6.10 Å². The molecule has 32 heavy (non-hydrogen) atoms. The van der Waals surface area contributed by atoms with E-state index in [0.29, 0.717) is 34.0 Å². The van der Waals surface area contributed by atoms with Crippen molar-refractivity contribution in [3.8, 4) is 17.7 Å². The van der Waals surface area contributed by atoms with E-state index in [1.54, 1.807) is 49.6 Å². The molecule has 6 nitrogen and oxygen atoms in total. The highest BCUT2D eigenvalue weighted by molar-refractivity contribution is 5.94. The van der Waals surface area contributed by atoms with E-state index >= 15 is 0 Å². The molecular weight excluding hydrogens is 404 g/mol. The molecule has 0 aliphatic heterocycles. The summed E-state index contributed by atoms with van der Waals surface area (Å²) in [4.78, 5) is 16.4. The molecule has 0 N–H and O–H groups in total. The number of nitrogens with zero attached hydrogens (tertiary/aromatic N) is 2. The number of allylic oxidation sites excluding steroid dienone is 1. The second-order valence-electron chi connectivity index (χ2n) is 7.40. The first-order valence-electron chi connectivity index (χ1n) is 10.2. The first kappa shape index (κ1) is 21.1. The lowest BCUT2D eigenvalue weighted by Gasteiger charge is -2.15. The van der Waals surface area contributed by atoms with Crippen LogP contribution in [0.2, 0.25) is 0 Å². The van der Waals surface area contributed by atoms with E-state index in [9.17, 15) is 10.1 Å². The van der Waals surface area contributed by atoms with Crippen molar-refractivity contribution < 1.29 is 19.0 Å². The predicted octanol–water partition coefficient (Wildman–Crippen LogP) is 4.49. The average Bonchev–Trinajstić information content (AvgIpc) is 3.24. The highest BCUT2D eigenvalue weighted by Crippen LogP contribution is 2.31. The Hall–Kier alpha value is -4.11. The van der Waals surface area contributed by atoms with Crippen LogP contribution in [0, 0.1) is 11.3 Å². The molecule has 1 aliphatic rings. The van der Waals surface area contributed by atoms with Gasteiger partial charge in [-0.05, 0) is 47.0 Å². The van der Waals surface area contributed by atoms with Gasteiger partial charge >= 0.3 is 5.97 Å². The molecule has 2 aromatic carbocycles. The van der Waals surface area contributed by atoms with Crippen LogP contribution in [0.5, 0.6) is 11.6 Å². The summed E-state index contributed by atoms with van der Waals surface area (Å²) < 4.78 is 16.4. The van der Waals surface area contributed by atoms with Gasteiger partial charge in [-0.2, -0.15) is 5.26 Å². The molecule has 0 spiro atoms. The number of ether oxygens (including phenoxy) is 3. The van der Waals surface area contributed by atoms with E-state index < -0.39 is 5.97 Å². The molecule has 0 saturated heterocycles. The zero-order chi connectivity index (χ0) is 22.5. The fraction of sp³-hybridized carbons (Fsp3) is 0.192. The molecule has 0 atom stereocenters. The van der Waals surface area contributed by atoms with Gasteiger partial charge in [-0.3, -0.25) is 0 Å². The predicted molar refractivity (Wildman–Crippen MR) is 120 cm³/mol. The molecule has 160 valence electrons. The quantitative estimate of drug-likeness (QED) is 0.427. The summed E-state index contributed by atoms with van der Waals surface area (Å²) in [5, 5.41) is 9.71. The number of nitriles is 1. The maximum atomic E-state index is 11.8. The number of fused-ring (bicyclic) bond motifs is 1. The molecular formula is C26H22N2O4. The number of aromatic nitrogens is 1. The Morgan fingerprint density at radius 2 is 1.75 bits per heavy atom. The van der Waals surface area contributed by atoms with Gasteiger partial charge in [0, 0.05) is 12.8 Å². The maximum absolute atomic E-state index is 11.8. The Labute approximate surface area is 186 Å². The largest absolute Gasteiger partial charge is 0.491 e. The first-order valence-corrected chi connectivity index (χ1v) is 10.2. The Morgan fingerprint density at radius 3 is 2.41 bits per heavy atom. The van der Waals surface area contributed by atoms with E-state index in [2.05, 4.69) is 23.2 Å². The molecule has 1 aromatic heterocycles. The minimum atomic E-state index is -0.458. The number of rotatable bonds is 6. The van der Waals surface area contributed by atoms with Gasteiger partial charge in [-0.1, -0.05) is 36.4 Å². The van der Waals surface area contributed by atoms with E-state index in [-0.39, 0.29) is 6.10 Å². The van der Waals surface area contributed by atoms with Crippen LogP contribution >= 0.6 is 0 Å². The molecule has 1 aliphatic carbocycles. The summed E-state index contributed by atoms with van der Waals surface area (Å²) in [6.07, 6.45) is 3.25. The Bertz CT molecular complexity index is 1200. The van der Waals surface area contributed by atoms with Crippen molar-refractivity contribution in [3.05, 3.63) is 88.6 Å². The summed E-state index contributed by atoms with van der Waals surface area (Å²) in [6.45, 7) is 0.